The Balaban J connectivity index is 2.46. The summed E-state index contributed by atoms with van der Waals surface area (Å²) in [5.74, 6) is 1.61. The van der Waals surface area contributed by atoms with Crippen LogP contribution in [0.25, 0.3) is 0 Å². The molecule has 1 unspecified atom stereocenters. The third-order valence-corrected chi connectivity index (χ3v) is 6.44. The van der Waals surface area contributed by atoms with Gasteiger partial charge in [-0.15, -0.1) is 0 Å². The van der Waals surface area contributed by atoms with Gasteiger partial charge in [0.1, 0.15) is 5.75 Å². The summed E-state index contributed by atoms with van der Waals surface area (Å²) in [4.78, 5) is 2.11. The van der Waals surface area contributed by atoms with Crippen molar-refractivity contribution in [2.24, 2.45) is 0 Å². The lowest BCUT2D eigenvalue weighted by atomic mass is 10.3. The second-order valence-electron chi connectivity index (χ2n) is 4.15. The Morgan fingerprint density at radius 2 is 2.16 bits per heavy atom. The number of benzene rings is 1. The fourth-order valence-electron chi connectivity index (χ4n) is 1.59. The Kier molecular flexibility index (Phi) is 6.76. The first-order chi connectivity index (χ1) is 8.98. The third-order valence-electron chi connectivity index (χ3n) is 2.61. The molecular weight excluding hydrogens is 281 g/mol. The summed E-state index contributed by atoms with van der Waals surface area (Å²) in [6.07, 6.45) is 0. The van der Waals surface area contributed by atoms with Crippen molar-refractivity contribution < 1.29 is 13.8 Å². The van der Waals surface area contributed by atoms with Crippen molar-refractivity contribution in [2.75, 3.05) is 44.6 Å². The first-order valence-electron chi connectivity index (χ1n) is 6.20. The molecule has 0 bridgehead atoms. The third kappa shape index (κ3) is 5.89. The van der Waals surface area contributed by atoms with Crippen LogP contribution < -0.4 is 9.64 Å². The van der Waals surface area contributed by atoms with E-state index in [4.69, 9.17) is 9.26 Å². The highest BCUT2D eigenvalue weighted by Crippen LogP contribution is 2.55. The molecule has 0 saturated heterocycles. The number of hydrogen-bond acceptors (Lipinski definition) is 5. The average molecular weight is 303 g/mol. The van der Waals surface area contributed by atoms with Gasteiger partial charge in [0.05, 0.1) is 13.7 Å². The van der Waals surface area contributed by atoms with E-state index in [1.54, 1.807) is 13.8 Å². The van der Waals surface area contributed by atoms with Crippen LogP contribution in [0.3, 0.4) is 0 Å². The standard InChI is InChI=1S/C13H22NO3PS/c1-5-17-18(4,15)19-10-9-14(2)12-7-6-8-13(11-12)16-3/h6-8,11H,5,9-10H2,1-4H3. The molecule has 1 rings (SSSR count). The van der Waals surface area contributed by atoms with Gasteiger partial charge >= 0.3 is 0 Å². The van der Waals surface area contributed by atoms with Crippen LogP contribution in [-0.4, -0.2) is 39.7 Å². The lowest BCUT2D eigenvalue weighted by molar-refractivity contribution is 0.350. The Labute approximate surface area is 119 Å². The first-order valence-corrected chi connectivity index (χ1v) is 9.86. The largest absolute Gasteiger partial charge is 0.497 e. The molecule has 0 spiro atoms. The maximum absolute atomic E-state index is 11.9. The number of ether oxygens (including phenoxy) is 1. The monoisotopic (exact) mass is 303 g/mol. The van der Waals surface area contributed by atoms with E-state index >= 15 is 0 Å². The first kappa shape index (κ1) is 16.4. The quantitative estimate of drug-likeness (QED) is 0.684. The Morgan fingerprint density at radius 1 is 1.42 bits per heavy atom. The van der Waals surface area contributed by atoms with Crippen molar-refractivity contribution in [1.29, 1.82) is 0 Å². The van der Waals surface area contributed by atoms with E-state index in [9.17, 15) is 4.57 Å². The summed E-state index contributed by atoms with van der Waals surface area (Å²) in [7, 11) is 3.67. The molecule has 0 N–H and O–H groups in total. The molecule has 0 heterocycles. The minimum atomic E-state index is -2.49. The second-order valence-corrected chi connectivity index (χ2v) is 9.38. The van der Waals surface area contributed by atoms with E-state index in [1.165, 1.54) is 11.4 Å². The average Bonchev–Trinajstić information content (AvgIpc) is 2.38. The van der Waals surface area contributed by atoms with E-state index in [2.05, 4.69) is 4.90 Å². The van der Waals surface area contributed by atoms with Gasteiger partial charge in [0, 0.05) is 37.8 Å². The summed E-state index contributed by atoms with van der Waals surface area (Å²) in [5.41, 5.74) is 1.09. The summed E-state index contributed by atoms with van der Waals surface area (Å²) >= 11 is 1.40. The Hall–Kier alpha value is -0.640. The number of hydrogen-bond donors (Lipinski definition) is 0. The van der Waals surface area contributed by atoms with E-state index in [0.29, 0.717) is 6.61 Å². The molecule has 1 aromatic carbocycles. The zero-order chi connectivity index (χ0) is 14.3. The predicted octanol–water partition coefficient (Wildman–Crippen LogP) is 3.72. The molecule has 19 heavy (non-hydrogen) atoms. The van der Waals surface area contributed by atoms with Gasteiger partial charge in [-0.25, -0.2) is 0 Å². The number of methoxy groups -OCH3 is 1. The topological polar surface area (TPSA) is 38.8 Å². The number of rotatable bonds is 8. The lowest BCUT2D eigenvalue weighted by Crippen LogP contribution is -2.20. The van der Waals surface area contributed by atoms with E-state index in [1.807, 2.05) is 38.2 Å². The molecule has 108 valence electrons. The molecule has 1 atom stereocenters. The van der Waals surface area contributed by atoms with E-state index in [0.717, 1.165) is 23.7 Å². The fraction of sp³-hybridized carbons (Fsp3) is 0.538. The lowest BCUT2D eigenvalue weighted by Gasteiger charge is -2.20. The Bertz CT molecular complexity index is 442. The van der Waals surface area contributed by atoms with Crippen LogP contribution in [-0.2, 0) is 9.09 Å². The minimum absolute atomic E-state index is 0.493. The van der Waals surface area contributed by atoms with E-state index in [-0.39, 0.29) is 0 Å². The van der Waals surface area contributed by atoms with Crippen molar-refractivity contribution in [3.63, 3.8) is 0 Å². The van der Waals surface area contributed by atoms with E-state index < -0.39 is 6.57 Å². The molecule has 0 aliphatic carbocycles. The van der Waals surface area contributed by atoms with Crippen molar-refractivity contribution in [3.05, 3.63) is 24.3 Å². The van der Waals surface area contributed by atoms with Crippen molar-refractivity contribution in [1.82, 2.24) is 0 Å². The van der Waals surface area contributed by atoms with Crippen LogP contribution in [0, 0.1) is 0 Å². The van der Waals surface area contributed by atoms with Gasteiger partial charge in [-0.3, -0.25) is 4.57 Å². The molecular formula is C13H22NO3PS. The summed E-state index contributed by atoms with van der Waals surface area (Å²) in [5, 5.41) is 0. The van der Waals surface area contributed by atoms with Crippen molar-refractivity contribution in [2.45, 2.75) is 6.92 Å². The number of anilines is 1. The van der Waals surface area contributed by atoms with Crippen molar-refractivity contribution in [3.8, 4) is 5.75 Å². The SMILES string of the molecule is CCOP(C)(=O)SCCN(C)c1cccc(OC)c1. The highest BCUT2D eigenvalue weighted by Gasteiger charge is 2.15. The molecule has 0 fully saturated rings. The molecule has 0 aliphatic heterocycles. The smallest absolute Gasteiger partial charge is 0.254 e. The van der Waals surface area contributed by atoms with Gasteiger partial charge in [-0.2, -0.15) is 0 Å². The molecule has 0 aromatic heterocycles. The highest BCUT2D eigenvalue weighted by molar-refractivity contribution is 8.56. The zero-order valence-corrected chi connectivity index (χ0v) is 13.7. The molecule has 4 nitrogen and oxygen atoms in total. The van der Waals surface area contributed by atoms with Gasteiger partial charge in [0.25, 0.3) is 6.57 Å². The molecule has 0 radical (unpaired) electrons. The van der Waals surface area contributed by atoms with Crippen LogP contribution in [0.5, 0.6) is 5.75 Å². The summed E-state index contributed by atoms with van der Waals surface area (Å²) in [6, 6.07) is 7.89. The molecule has 0 saturated carbocycles. The highest BCUT2D eigenvalue weighted by atomic mass is 32.7. The van der Waals surface area contributed by atoms with Crippen LogP contribution >= 0.6 is 18.0 Å². The van der Waals surface area contributed by atoms with Crippen LogP contribution in [0.15, 0.2) is 24.3 Å². The summed E-state index contributed by atoms with van der Waals surface area (Å²) in [6.45, 7) is 2.34. The molecule has 6 heteroatoms. The molecule has 1 aromatic rings. The second kappa shape index (κ2) is 7.83. The van der Waals surface area contributed by atoms with Crippen LogP contribution in [0.2, 0.25) is 0 Å². The van der Waals surface area contributed by atoms with Crippen LogP contribution in [0.1, 0.15) is 6.92 Å². The van der Waals surface area contributed by atoms with Gasteiger partial charge < -0.3 is 14.2 Å². The zero-order valence-electron chi connectivity index (χ0n) is 12.0. The predicted molar refractivity (Wildman–Crippen MR) is 83.9 cm³/mol. The normalized spacial score (nSPS) is 13.9. The summed E-state index contributed by atoms with van der Waals surface area (Å²) < 4.78 is 22.4. The van der Waals surface area contributed by atoms with Gasteiger partial charge in [-0.05, 0) is 19.1 Å². The molecule has 0 amide bonds. The maximum Gasteiger partial charge on any atom is 0.254 e. The molecule has 0 aliphatic rings. The van der Waals surface area contributed by atoms with Crippen molar-refractivity contribution >= 4 is 23.6 Å². The van der Waals surface area contributed by atoms with Gasteiger partial charge in [0.15, 0.2) is 0 Å². The maximum atomic E-state index is 11.9. The Morgan fingerprint density at radius 3 is 2.79 bits per heavy atom. The van der Waals surface area contributed by atoms with Gasteiger partial charge in [0.2, 0.25) is 0 Å². The number of nitrogens with zero attached hydrogens (tertiary/aromatic N) is 1. The van der Waals surface area contributed by atoms with Crippen LogP contribution in [0.4, 0.5) is 5.69 Å². The minimum Gasteiger partial charge on any atom is -0.497 e. The van der Waals surface area contributed by atoms with Gasteiger partial charge in [-0.1, -0.05) is 17.4 Å². The fourth-order valence-corrected chi connectivity index (χ4v) is 4.60.